The molecule has 0 saturated heterocycles. The Morgan fingerprint density at radius 2 is 2.00 bits per heavy atom. The Morgan fingerprint density at radius 1 is 1.43 bits per heavy atom. The third-order valence-electron chi connectivity index (χ3n) is 2.77. The van der Waals surface area contributed by atoms with Gasteiger partial charge < -0.3 is 5.73 Å². The number of allylic oxidation sites excluding steroid dienone is 3. The quantitative estimate of drug-likeness (QED) is 0.682. The minimum absolute atomic E-state index is 0.188. The summed E-state index contributed by atoms with van der Waals surface area (Å²) in [5.74, 6) is -0.0339. The second-order valence-electron chi connectivity index (χ2n) is 5.03. The molecule has 1 unspecified atom stereocenters. The van der Waals surface area contributed by atoms with Crippen LogP contribution in [0.2, 0.25) is 0 Å². The Bertz CT molecular complexity index is 305. The Labute approximate surface area is 85.9 Å². The first-order valence-corrected chi connectivity index (χ1v) is 5.03. The van der Waals surface area contributed by atoms with Crippen LogP contribution in [-0.4, -0.2) is 5.91 Å². The van der Waals surface area contributed by atoms with Crippen LogP contribution >= 0.6 is 0 Å². The van der Waals surface area contributed by atoms with Crippen LogP contribution in [0.25, 0.3) is 0 Å². The molecule has 0 aromatic carbocycles. The van der Waals surface area contributed by atoms with E-state index in [2.05, 4.69) is 27.7 Å². The summed E-state index contributed by atoms with van der Waals surface area (Å²) >= 11 is 0. The molecular formula is C12H19NO. The molecule has 0 heterocycles. The number of rotatable bonds is 1. The van der Waals surface area contributed by atoms with Crippen molar-refractivity contribution in [3.63, 3.8) is 0 Å². The molecule has 0 saturated carbocycles. The summed E-state index contributed by atoms with van der Waals surface area (Å²) in [6.45, 7) is 8.62. The second kappa shape index (κ2) is 3.60. The van der Waals surface area contributed by atoms with Gasteiger partial charge in [0.05, 0.1) is 0 Å². The molecule has 1 aliphatic carbocycles. The van der Waals surface area contributed by atoms with Gasteiger partial charge in [-0.05, 0) is 17.8 Å². The van der Waals surface area contributed by atoms with Crippen LogP contribution in [0.4, 0.5) is 0 Å². The molecule has 0 aromatic heterocycles. The topological polar surface area (TPSA) is 43.1 Å². The molecular weight excluding hydrogens is 174 g/mol. The van der Waals surface area contributed by atoms with E-state index < -0.39 is 0 Å². The van der Waals surface area contributed by atoms with Gasteiger partial charge in [0, 0.05) is 5.57 Å². The number of carbonyl (C=O) groups excluding carboxylic acids is 1. The normalized spacial score (nSPS) is 22.7. The van der Waals surface area contributed by atoms with Crippen LogP contribution < -0.4 is 5.73 Å². The van der Waals surface area contributed by atoms with Crippen LogP contribution in [0.15, 0.2) is 23.3 Å². The minimum atomic E-state index is -0.290. The fourth-order valence-electron chi connectivity index (χ4n) is 1.74. The number of carbonyl (C=O) groups is 1. The lowest BCUT2D eigenvalue weighted by Crippen LogP contribution is -2.23. The standard InChI is InChI=1S/C12H19NO/c1-8-7-9(12(2,3)4)5-6-10(8)11(13)14/h5-6,8H,7H2,1-4H3,(H2,13,14). The number of hydrogen-bond acceptors (Lipinski definition) is 1. The summed E-state index contributed by atoms with van der Waals surface area (Å²) in [7, 11) is 0. The lowest BCUT2D eigenvalue weighted by atomic mass is 9.76. The lowest BCUT2D eigenvalue weighted by Gasteiger charge is -2.28. The van der Waals surface area contributed by atoms with Gasteiger partial charge in [0.1, 0.15) is 0 Å². The van der Waals surface area contributed by atoms with E-state index in [-0.39, 0.29) is 17.2 Å². The first kappa shape index (κ1) is 11.0. The molecule has 2 N–H and O–H groups in total. The number of primary amides is 1. The molecule has 0 spiro atoms. The van der Waals surface area contributed by atoms with Gasteiger partial charge in [-0.25, -0.2) is 0 Å². The van der Waals surface area contributed by atoms with E-state index in [1.165, 1.54) is 5.57 Å². The first-order valence-electron chi connectivity index (χ1n) is 5.03. The van der Waals surface area contributed by atoms with Crippen molar-refractivity contribution in [3.05, 3.63) is 23.3 Å². The van der Waals surface area contributed by atoms with Gasteiger partial charge in [-0.3, -0.25) is 4.79 Å². The van der Waals surface area contributed by atoms with Crippen LogP contribution in [0.1, 0.15) is 34.1 Å². The maximum absolute atomic E-state index is 11.0. The minimum Gasteiger partial charge on any atom is -0.366 e. The lowest BCUT2D eigenvalue weighted by molar-refractivity contribution is -0.115. The average molecular weight is 193 g/mol. The largest absolute Gasteiger partial charge is 0.366 e. The van der Waals surface area contributed by atoms with Gasteiger partial charge >= 0.3 is 0 Å². The van der Waals surface area contributed by atoms with Crippen LogP contribution in [0, 0.1) is 11.3 Å². The fraction of sp³-hybridized carbons (Fsp3) is 0.583. The molecule has 2 nitrogen and oxygen atoms in total. The van der Waals surface area contributed by atoms with E-state index in [4.69, 9.17) is 5.73 Å². The SMILES string of the molecule is CC1CC(C(C)(C)C)=CC=C1C(N)=O. The van der Waals surface area contributed by atoms with Gasteiger partial charge in [-0.1, -0.05) is 45.4 Å². The molecule has 1 rings (SSSR count). The molecule has 1 amide bonds. The van der Waals surface area contributed by atoms with E-state index >= 15 is 0 Å². The molecule has 1 aliphatic rings. The highest BCUT2D eigenvalue weighted by molar-refractivity contribution is 5.93. The smallest absolute Gasteiger partial charge is 0.244 e. The van der Waals surface area contributed by atoms with Crippen molar-refractivity contribution >= 4 is 5.91 Å². The van der Waals surface area contributed by atoms with Crippen molar-refractivity contribution in [2.45, 2.75) is 34.1 Å². The summed E-state index contributed by atoms with van der Waals surface area (Å²) in [4.78, 5) is 11.0. The Hall–Kier alpha value is -1.05. The highest BCUT2D eigenvalue weighted by atomic mass is 16.1. The molecule has 0 aromatic rings. The molecule has 14 heavy (non-hydrogen) atoms. The fourth-order valence-corrected chi connectivity index (χ4v) is 1.74. The first-order chi connectivity index (χ1) is 6.32. The molecule has 0 radical (unpaired) electrons. The molecule has 78 valence electrons. The summed E-state index contributed by atoms with van der Waals surface area (Å²) in [6, 6.07) is 0. The van der Waals surface area contributed by atoms with E-state index in [1.54, 1.807) is 0 Å². The van der Waals surface area contributed by atoms with Crippen molar-refractivity contribution in [2.75, 3.05) is 0 Å². The Morgan fingerprint density at radius 3 is 2.36 bits per heavy atom. The molecule has 0 aliphatic heterocycles. The van der Waals surface area contributed by atoms with Crippen LogP contribution in [-0.2, 0) is 4.79 Å². The van der Waals surface area contributed by atoms with E-state index in [1.807, 2.05) is 12.2 Å². The number of amides is 1. The predicted octanol–water partition coefficient (Wildman–Crippen LogP) is 2.41. The summed E-state index contributed by atoms with van der Waals surface area (Å²) < 4.78 is 0. The Balaban J connectivity index is 2.95. The third-order valence-corrected chi connectivity index (χ3v) is 2.77. The monoisotopic (exact) mass is 193 g/mol. The number of nitrogens with two attached hydrogens (primary N) is 1. The second-order valence-corrected chi connectivity index (χ2v) is 5.03. The zero-order chi connectivity index (χ0) is 10.9. The predicted molar refractivity (Wildman–Crippen MR) is 58.6 cm³/mol. The maximum atomic E-state index is 11.0. The van der Waals surface area contributed by atoms with Gasteiger partial charge in [0.15, 0.2) is 0 Å². The highest BCUT2D eigenvalue weighted by Gasteiger charge is 2.24. The van der Waals surface area contributed by atoms with Crippen LogP contribution in [0.5, 0.6) is 0 Å². The summed E-state index contributed by atoms with van der Waals surface area (Å²) in [5, 5.41) is 0. The average Bonchev–Trinajstić information content (AvgIpc) is 2.01. The van der Waals surface area contributed by atoms with Gasteiger partial charge in [0.25, 0.3) is 0 Å². The van der Waals surface area contributed by atoms with Gasteiger partial charge in [0.2, 0.25) is 5.91 Å². The van der Waals surface area contributed by atoms with Crippen molar-refractivity contribution in [1.29, 1.82) is 0 Å². The third kappa shape index (κ3) is 2.25. The van der Waals surface area contributed by atoms with Crippen molar-refractivity contribution in [2.24, 2.45) is 17.1 Å². The maximum Gasteiger partial charge on any atom is 0.244 e. The zero-order valence-electron chi connectivity index (χ0n) is 9.42. The summed E-state index contributed by atoms with van der Waals surface area (Å²) in [5.41, 5.74) is 7.60. The van der Waals surface area contributed by atoms with Gasteiger partial charge in [-0.15, -0.1) is 0 Å². The molecule has 0 fully saturated rings. The molecule has 1 atom stereocenters. The summed E-state index contributed by atoms with van der Waals surface area (Å²) in [6.07, 6.45) is 4.86. The van der Waals surface area contributed by atoms with Crippen molar-refractivity contribution in [3.8, 4) is 0 Å². The van der Waals surface area contributed by atoms with Crippen LogP contribution in [0.3, 0.4) is 0 Å². The van der Waals surface area contributed by atoms with E-state index in [0.29, 0.717) is 0 Å². The zero-order valence-corrected chi connectivity index (χ0v) is 9.42. The van der Waals surface area contributed by atoms with Crippen molar-refractivity contribution in [1.82, 2.24) is 0 Å². The van der Waals surface area contributed by atoms with Crippen molar-refractivity contribution < 1.29 is 4.79 Å². The number of hydrogen-bond donors (Lipinski definition) is 1. The van der Waals surface area contributed by atoms with E-state index in [9.17, 15) is 4.79 Å². The van der Waals surface area contributed by atoms with Gasteiger partial charge in [-0.2, -0.15) is 0 Å². The molecule has 0 bridgehead atoms. The Kier molecular flexibility index (Phi) is 2.84. The highest BCUT2D eigenvalue weighted by Crippen LogP contribution is 2.35. The molecule has 2 heteroatoms. The van der Waals surface area contributed by atoms with E-state index in [0.717, 1.165) is 12.0 Å².